The molecule has 1 fully saturated rings. The van der Waals surface area contributed by atoms with Crippen LogP contribution in [0.1, 0.15) is 20.3 Å². The molecule has 0 radical (unpaired) electrons. The van der Waals surface area contributed by atoms with Gasteiger partial charge in [-0.2, -0.15) is 0 Å². The van der Waals surface area contributed by atoms with Crippen molar-refractivity contribution >= 4 is 31.5 Å². The zero-order valence-electron chi connectivity index (χ0n) is 15.5. The van der Waals surface area contributed by atoms with Crippen LogP contribution in [0.4, 0.5) is 5.69 Å². The zero-order valence-corrected chi connectivity index (χ0v) is 17.2. The highest BCUT2D eigenvalue weighted by atomic mass is 32.2. The third-order valence-corrected chi connectivity index (χ3v) is 7.63. The molecule has 0 aromatic heterocycles. The van der Waals surface area contributed by atoms with E-state index in [0.29, 0.717) is 12.1 Å². The number of carbonyl (C=O) groups excluding carboxylic acids is 1. The van der Waals surface area contributed by atoms with E-state index in [0.717, 1.165) is 0 Å². The Labute approximate surface area is 159 Å². The molecule has 0 aliphatic carbocycles. The lowest BCUT2D eigenvalue weighted by molar-refractivity contribution is -0.114. The second-order valence-corrected chi connectivity index (χ2v) is 10.7. The summed E-state index contributed by atoms with van der Waals surface area (Å²) in [6.45, 7) is 3.49. The van der Waals surface area contributed by atoms with E-state index >= 15 is 0 Å². The van der Waals surface area contributed by atoms with Crippen molar-refractivity contribution in [2.45, 2.75) is 30.7 Å². The Bertz CT molecular complexity index is 914. The molecule has 27 heavy (non-hydrogen) atoms. The quantitative estimate of drug-likeness (QED) is 0.509. The van der Waals surface area contributed by atoms with Gasteiger partial charge in [0.05, 0.1) is 18.6 Å². The fourth-order valence-corrected chi connectivity index (χ4v) is 6.29. The monoisotopic (exact) mass is 419 g/mol. The van der Waals surface area contributed by atoms with Crippen LogP contribution >= 0.6 is 0 Å². The molecule has 1 heterocycles. The van der Waals surface area contributed by atoms with Crippen LogP contribution in [0, 0.1) is 0 Å². The Morgan fingerprint density at radius 2 is 2.00 bits per heavy atom. The van der Waals surface area contributed by atoms with Gasteiger partial charge < -0.3 is 15.4 Å². The summed E-state index contributed by atoms with van der Waals surface area (Å²) < 4.78 is 56.0. The van der Waals surface area contributed by atoms with Gasteiger partial charge in [-0.3, -0.25) is 4.79 Å². The van der Waals surface area contributed by atoms with Crippen LogP contribution in [0.25, 0.3) is 0 Å². The normalized spacial score (nSPS) is 21.7. The lowest BCUT2D eigenvalue weighted by atomic mass is 10.0. The molecular weight excluding hydrogens is 394 g/mol. The van der Waals surface area contributed by atoms with Crippen molar-refractivity contribution in [2.24, 2.45) is 0 Å². The highest BCUT2D eigenvalue weighted by Crippen LogP contribution is 2.27. The number of carbonyl (C=O) groups is 1. The number of sulfone groups is 1. The van der Waals surface area contributed by atoms with E-state index in [9.17, 15) is 21.6 Å². The van der Waals surface area contributed by atoms with Crippen molar-refractivity contribution in [3.63, 3.8) is 0 Å². The second-order valence-electron chi connectivity index (χ2n) is 6.77. The number of hydrogen-bond donors (Lipinski definition) is 3. The molecule has 0 bridgehead atoms. The van der Waals surface area contributed by atoms with Gasteiger partial charge in [-0.1, -0.05) is 0 Å². The van der Waals surface area contributed by atoms with Crippen LogP contribution in [0.2, 0.25) is 0 Å². The first-order valence-corrected chi connectivity index (χ1v) is 11.7. The van der Waals surface area contributed by atoms with Crippen molar-refractivity contribution < 1.29 is 26.4 Å². The van der Waals surface area contributed by atoms with Crippen molar-refractivity contribution in [1.29, 1.82) is 0 Å². The van der Waals surface area contributed by atoms with Gasteiger partial charge in [0.2, 0.25) is 15.9 Å². The van der Waals surface area contributed by atoms with E-state index in [1.54, 1.807) is 6.07 Å². The van der Waals surface area contributed by atoms with Crippen molar-refractivity contribution in [1.82, 2.24) is 10.0 Å². The molecule has 152 valence electrons. The largest absolute Gasteiger partial charge is 0.495 e. The number of methoxy groups -OCH3 is 1. The van der Waals surface area contributed by atoms with Crippen LogP contribution in [0.15, 0.2) is 23.1 Å². The number of benzene rings is 1. The number of rotatable bonds is 8. The Morgan fingerprint density at radius 3 is 2.56 bits per heavy atom. The van der Waals surface area contributed by atoms with Gasteiger partial charge in [-0.25, -0.2) is 21.6 Å². The van der Waals surface area contributed by atoms with Gasteiger partial charge in [-0.05, 0) is 31.5 Å². The molecule has 9 nitrogen and oxygen atoms in total. The maximum Gasteiger partial charge on any atom is 0.244 e. The zero-order chi connectivity index (χ0) is 20.3. The highest BCUT2D eigenvalue weighted by Gasteiger charge is 2.37. The van der Waals surface area contributed by atoms with E-state index in [1.807, 2.05) is 6.92 Å². The third-order valence-electron chi connectivity index (χ3n) is 4.25. The lowest BCUT2D eigenvalue weighted by Gasteiger charge is -2.24. The maximum atomic E-state index is 12.6. The summed E-state index contributed by atoms with van der Waals surface area (Å²) in [6.07, 6.45) is 0.495. The van der Waals surface area contributed by atoms with E-state index in [-0.39, 0.29) is 41.1 Å². The first kappa shape index (κ1) is 21.6. The van der Waals surface area contributed by atoms with E-state index in [1.165, 1.54) is 26.2 Å². The molecule has 1 atom stereocenters. The summed E-state index contributed by atoms with van der Waals surface area (Å²) in [5.41, 5.74) is -0.210. The second kappa shape index (κ2) is 8.13. The number of hydrogen-bond acceptors (Lipinski definition) is 7. The van der Waals surface area contributed by atoms with Gasteiger partial charge in [-0.15, -0.1) is 0 Å². The SMILES string of the molecule is COc1ccc(NC(C)=O)cc1S(=O)(=O)NCCN[C@@]1(C)CCS(=O)(=O)C1. The fraction of sp³-hybridized carbons (Fsp3) is 0.562. The highest BCUT2D eigenvalue weighted by molar-refractivity contribution is 7.91. The van der Waals surface area contributed by atoms with Gasteiger partial charge in [0.25, 0.3) is 0 Å². The van der Waals surface area contributed by atoms with E-state index in [4.69, 9.17) is 4.74 Å². The van der Waals surface area contributed by atoms with Crippen LogP contribution in [-0.4, -0.2) is 60.0 Å². The molecular formula is C16H25N3O6S2. The number of nitrogens with one attached hydrogen (secondary N) is 3. The first-order chi connectivity index (χ1) is 12.5. The number of amides is 1. The van der Waals surface area contributed by atoms with Gasteiger partial charge in [0, 0.05) is 31.2 Å². The van der Waals surface area contributed by atoms with Crippen LogP contribution < -0.4 is 20.1 Å². The van der Waals surface area contributed by atoms with Crippen LogP contribution in [0.3, 0.4) is 0 Å². The molecule has 1 aromatic rings. The molecule has 0 spiro atoms. The molecule has 1 aromatic carbocycles. The minimum atomic E-state index is -3.88. The molecule has 11 heteroatoms. The van der Waals surface area contributed by atoms with Crippen LogP contribution in [-0.2, 0) is 24.7 Å². The minimum absolute atomic E-state index is 0.0410. The summed E-state index contributed by atoms with van der Waals surface area (Å²) >= 11 is 0. The number of ether oxygens (including phenoxy) is 1. The Kier molecular flexibility index (Phi) is 6.51. The standard InChI is InChI=1S/C16H25N3O6S2/c1-12(20)19-13-4-5-14(25-3)15(10-13)27(23,24)18-8-7-17-16(2)6-9-26(21,22)11-16/h4-5,10,17-18H,6-9,11H2,1-3H3,(H,19,20)/t16-/m0/s1. The Balaban J connectivity index is 2.02. The molecule has 1 aliphatic rings. The smallest absolute Gasteiger partial charge is 0.244 e. The summed E-state index contributed by atoms with van der Waals surface area (Å²) in [6, 6.07) is 4.32. The third kappa shape index (κ3) is 5.89. The van der Waals surface area contributed by atoms with Gasteiger partial charge in [0.1, 0.15) is 10.6 Å². The molecule has 2 rings (SSSR count). The summed E-state index contributed by atoms with van der Waals surface area (Å²) in [4.78, 5) is 11.1. The Morgan fingerprint density at radius 1 is 1.30 bits per heavy atom. The molecule has 1 aliphatic heterocycles. The predicted molar refractivity (Wildman–Crippen MR) is 102 cm³/mol. The minimum Gasteiger partial charge on any atom is -0.495 e. The first-order valence-electron chi connectivity index (χ1n) is 8.37. The van der Waals surface area contributed by atoms with E-state index in [2.05, 4.69) is 15.4 Å². The summed E-state index contributed by atoms with van der Waals surface area (Å²) in [5.74, 6) is 0.00756. The van der Waals surface area contributed by atoms with Crippen molar-refractivity contribution in [2.75, 3.05) is 37.0 Å². The average Bonchev–Trinajstić information content (AvgIpc) is 2.85. The van der Waals surface area contributed by atoms with Gasteiger partial charge in [0.15, 0.2) is 9.84 Å². The molecule has 3 N–H and O–H groups in total. The lowest BCUT2D eigenvalue weighted by Crippen LogP contribution is -2.46. The topological polar surface area (TPSA) is 131 Å². The predicted octanol–water partition coefficient (Wildman–Crippen LogP) is 0.0987. The average molecular weight is 420 g/mol. The summed E-state index contributed by atoms with van der Waals surface area (Å²) in [5, 5.41) is 5.64. The molecule has 0 unspecified atom stereocenters. The summed E-state index contributed by atoms with van der Waals surface area (Å²) in [7, 11) is -5.57. The van der Waals surface area contributed by atoms with E-state index < -0.39 is 25.4 Å². The molecule has 1 amide bonds. The number of sulfonamides is 1. The van der Waals surface area contributed by atoms with Gasteiger partial charge >= 0.3 is 0 Å². The maximum absolute atomic E-state index is 12.6. The number of anilines is 1. The molecule has 0 saturated carbocycles. The Hall–Kier alpha value is -1.69. The molecule has 1 saturated heterocycles. The fourth-order valence-electron chi connectivity index (χ4n) is 2.95. The van der Waals surface area contributed by atoms with Crippen molar-refractivity contribution in [3.8, 4) is 5.75 Å². The van der Waals surface area contributed by atoms with Crippen LogP contribution in [0.5, 0.6) is 5.75 Å². The van der Waals surface area contributed by atoms with Crippen molar-refractivity contribution in [3.05, 3.63) is 18.2 Å².